The lowest BCUT2D eigenvalue weighted by molar-refractivity contribution is -0.142. The van der Waals surface area contributed by atoms with E-state index in [-0.39, 0.29) is 12.6 Å². The van der Waals surface area contributed by atoms with E-state index in [0.717, 1.165) is 12.8 Å². The molecule has 0 bridgehead atoms. The molecule has 20 heavy (non-hydrogen) atoms. The van der Waals surface area contributed by atoms with Crippen molar-refractivity contribution in [3.8, 4) is 0 Å². The van der Waals surface area contributed by atoms with E-state index >= 15 is 0 Å². The summed E-state index contributed by atoms with van der Waals surface area (Å²) in [5.41, 5.74) is 0. The number of aliphatic carboxylic acids is 1. The summed E-state index contributed by atoms with van der Waals surface area (Å²) in [5.74, 6) is -0.996. The number of piperidine rings is 1. The van der Waals surface area contributed by atoms with Crippen molar-refractivity contribution < 1.29 is 18.3 Å². The first-order chi connectivity index (χ1) is 9.32. The number of hydrogen-bond acceptors (Lipinski definition) is 3. The summed E-state index contributed by atoms with van der Waals surface area (Å²) < 4.78 is 28.3. The zero-order valence-electron chi connectivity index (χ0n) is 12.2. The normalized spacial score (nSPS) is 25.3. The first kappa shape index (κ1) is 15.7. The van der Waals surface area contributed by atoms with Crippen LogP contribution in [0, 0.1) is 11.8 Å². The Labute approximate surface area is 120 Å². The largest absolute Gasteiger partial charge is 0.481 e. The highest BCUT2D eigenvalue weighted by Gasteiger charge is 2.39. The van der Waals surface area contributed by atoms with Gasteiger partial charge in [0, 0.05) is 25.7 Å². The summed E-state index contributed by atoms with van der Waals surface area (Å²) in [6, 6.07) is -0.0918. The number of carboxylic acids is 1. The third kappa shape index (κ3) is 3.51. The minimum Gasteiger partial charge on any atom is -0.481 e. The molecule has 116 valence electrons. The molecule has 1 saturated carbocycles. The number of carboxylic acid groups (broad SMARTS) is 1. The van der Waals surface area contributed by atoms with Crippen LogP contribution in [0.1, 0.15) is 39.5 Å². The summed E-state index contributed by atoms with van der Waals surface area (Å²) in [5, 5.41) is 9.09. The van der Waals surface area contributed by atoms with Gasteiger partial charge in [0.1, 0.15) is 0 Å². The predicted octanol–water partition coefficient (Wildman–Crippen LogP) is 1.15. The molecule has 0 aromatic heterocycles. The Bertz CT molecular complexity index is 459. The fourth-order valence-corrected chi connectivity index (χ4v) is 4.58. The van der Waals surface area contributed by atoms with E-state index in [2.05, 4.69) is 0 Å². The van der Waals surface area contributed by atoms with Crippen LogP contribution in [-0.2, 0) is 15.0 Å². The molecule has 0 aromatic carbocycles. The van der Waals surface area contributed by atoms with Gasteiger partial charge in [-0.2, -0.15) is 17.0 Å². The molecular formula is C13H24N2O4S. The van der Waals surface area contributed by atoms with Crippen molar-refractivity contribution in [3.63, 3.8) is 0 Å². The van der Waals surface area contributed by atoms with Crippen molar-refractivity contribution in [2.75, 3.05) is 19.6 Å². The topological polar surface area (TPSA) is 77.9 Å². The average Bonchev–Trinajstić information content (AvgIpc) is 3.19. The predicted molar refractivity (Wildman–Crippen MR) is 75.4 cm³/mol. The fraction of sp³-hybridized carbons (Fsp3) is 0.923. The van der Waals surface area contributed by atoms with Crippen molar-refractivity contribution >= 4 is 16.2 Å². The molecule has 2 aliphatic rings. The molecule has 1 atom stereocenters. The smallest absolute Gasteiger partial charge is 0.307 e. The zero-order valence-corrected chi connectivity index (χ0v) is 13.0. The maximum atomic E-state index is 12.7. The Morgan fingerprint density at radius 2 is 2.00 bits per heavy atom. The van der Waals surface area contributed by atoms with Crippen molar-refractivity contribution in [2.45, 2.75) is 45.6 Å². The lowest BCUT2D eigenvalue weighted by Crippen LogP contribution is -2.51. The van der Waals surface area contributed by atoms with Crippen LogP contribution in [0.4, 0.5) is 0 Å². The highest BCUT2D eigenvalue weighted by molar-refractivity contribution is 7.86. The van der Waals surface area contributed by atoms with E-state index in [1.165, 1.54) is 8.61 Å². The lowest BCUT2D eigenvalue weighted by Gasteiger charge is -2.36. The quantitative estimate of drug-likeness (QED) is 0.798. The third-order valence-corrected chi connectivity index (χ3v) is 6.21. The molecular weight excluding hydrogens is 280 g/mol. The molecule has 2 fully saturated rings. The Morgan fingerprint density at radius 1 is 1.35 bits per heavy atom. The van der Waals surface area contributed by atoms with Crippen LogP contribution < -0.4 is 0 Å². The maximum absolute atomic E-state index is 12.7. The molecule has 1 aliphatic heterocycles. The van der Waals surface area contributed by atoms with Crippen LogP contribution in [0.3, 0.4) is 0 Å². The van der Waals surface area contributed by atoms with E-state index in [9.17, 15) is 13.2 Å². The van der Waals surface area contributed by atoms with Gasteiger partial charge < -0.3 is 5.11 Å². The monoisotopic (exact) mass is 304 g/mol. The molecule has 1 aliphatic carbocycles. The maximum Gasteiger partial charge on any atom is 0.307 e. The van der Waals surface area contributed by atoms with Gasteiger partial charge >= 0.3 is 5.97 Å². The summed E-state index contributed by atoms with van der Waals surface area (Å²) in [6.45, 7) is 4.84. The van der Waals surface area contributed by atoms with Gasteiger partial charge in [0.2, 0.25) is 0 Å². The highest BCUT2D eigenvalue weighted by atomic mass is 32.2. The van der Waals surface area contributed by atoms with Crippen LogP contribution >= 0.6 is 0 Å². The van der Waals surface area contributed by atoms with Crippen LogP contribution in [-0.4, -0.2) is 53.8 Å². The first-order valence-corrected chi connectivity index (χ1v) is 8.71. The third-order valence-electron chi connectivity index (χ3n) is 4.07. The number of nitrogens with zero attached hydrogens (tertiary/aromatic N) is 2. The molecule has 1 saturated heterocycles. The van der Waals surface area contributed by atoms with Crippen molar-refractivity contribution in [2.24, 2.45) is 11.8 Å². The molecule has 1 heterocycles. The molecule has 2 rings (SSSR count). The molecule has 0 radical (unpaired) electrons. The lowest BCUT2D eigenvalue weighted by atomic mass is 10.0. The number of carbonyl (C=O) groups is 1. The fourth-order valence-electron chi connectivity index (χ4n) is 2.63. The second-order valence-corrected chi connectivity index (χ2v) is 8.03. The molecule has 7 heteroatoms. The van der Waals surface area contributed by atoms with Gasteiger partial charge in [-0.15, -0.1) is 0 Å². The molecule has 1 unspecified atom stereocenters. The summed E-state index contributed by atoms with van der Waals surface area (Å²) in [7, 11) is -3.54. The summed E-state index contributed by atoms with van der Waals surface area (Å²) in [6.07, 6.45) is 3.37. The minimum atomic E-state index is -3.54. The van der Waals surface area contributed by atoms with Crippen LogP contribution in [0.15, 0.2) is 0 Å². The van der Waals surface area contributed by atoms with E-state index in [0.29, 0.717) is 31.8 Å². The van der Waals surface area contributed by atoms with E-state index in [1.54, 1.807) is 0 Å². The van der Waals surface area contributed by atoms with E-state index in [1.807, 2.05) is 13.8 Å². The van der Waals surface area contributed by atoms with E-state index in [4.69, 9.17) is 5.11 Å². The standard InChI is InChI=1S/C13H24N2O4S/c1-10(2)15(8-11-5-6-11)20(18,19)14-7-3-4-12(9-14)13(16)17/h10-12H,3-9H2,1-2H3,(H,16,17). The van der Waals surface area contributed by atoms with Gasteiger partial charge in [-0.05, 0) is 45.4 Å². The van der Waals surface area contributed by atoms with Crippen molar-refractivity contribution in [1.82, 2.24) is 8.61 Å². The van der Waals surface area contributed by atoms with Gasteiger partial charge in [0.05, 0.1) is 5.92 Å². The summed E-state index contributed by atoms with van der Waals surface area (Å²) in [4.78, 5) is 11.1. The first-order valence-electron chi connectivity index (χ1n) is 7.32. The highest BCUT2D eigenvalue weighted by Crippen LogP contribution is 2.32. The van der Waals surface area contributed by atoms with Crippen LogP contribution in [0.2, 0.25) is 0 Å². The van der Waals surface area contributed by atoms with Crippen molar-refractivity contribution in [1.29, 1.82) is 0 Å². The average molecular weight is 304 g/mol. The van der Waals surface area contributed by atoms with Gasteiger partial charge in [-0.1, -0.05) is 0 Å². The SMILES string of the molecule is CC(C)N(CC1CC1)S(=O)(=O)N1CCCC(C(=O)O)C1. The van der Waals surface area contributed by atoms with E-state index < -0.39 is 22.1 Å². The second kappa shape index (κ2) is 5.99. The Kier molecular flexibility index (Phi) is 4.71. The molecule has 1 N–H and O–H groups in total. The molecule has 0 spiro atoms. The Balaban J connectivity index is 2.11. The summed E-state index contributed by atoms with van der Waals surface area (Å²) >= 11 is 0. The van der Waals surface area contributed by atoms with Gasteiger partial charge in [-0.25, -0.2) is 0 Å². The van der Waals surface area contributed by atoms with Gasteiger partial charge in [0.25, 0.3) is 10.2 Å². The zero-order chi connectivity index (χ0) is 14.9. The molecule has 6 nitrogen and oxygen atoms in total. The molecule has 0 amide bonds. The molecule has 0 aromatic rings. The van der Waals surface area contributed by atoms with Crippen LogP contribution in [0.25, 0.3) is 0 Å². The number of hydrogen-bond donors (Lipinski definition) is 1. The second-order valence-electron chi connectivity index (χ2n) is 6.15. The Hall–Kier alpha value is -0.660. The van der Waals surface area contributed by atoms with Gasteiger partial charge in [0.15, 0.2) is 0 Å². The number of rotatable bonds is 6. The van der Waals surface area contributed by atoms with Gasteiger partial charge in [-0.3, -0.25) is 4.79 Å². The minimum absolute atomic E-state index is 0.0918. The van der Waals surface area contributed by atoms with Crippen molar-refractivity contribution in [3.05, 3.63) is 0 Å². The Morgan fingerprint density at radius 3 is 2.50 bits per heavy atom. The van der Waals surface area contributed by atoms with Crippen LogP contribution in [0.5, 0.6) is 0 Å².